The van der Waals surface area contributed by atoms with Crippen molar-refractivity contribution in [2.75, 3.05) is 5.73 Å². The van der Waals surface area contributed by atoms with Gasteiger partial charge in [0, 0.05) is 13.1 Å². The first-order chi connectivity index (χ1) is 6.70. The maximum atomic E-state index is 8.67. The maximum Gasteiger partial charge on any atom is 0.121 e. The first kappa shape index (κ1) is 8.78. The second kappa shape index (κ2) is 3.16. The fourth-order valence-corrected chi connectivity index (χ4v) is 1.90. The fourth-order valence-electron chi connectivity index (χ4n) is 1.14. The van der Waals surface area contributed by atoms with Crippen LogP contribution in [0.25, 0.3) is 10.6 Å². The van der Waals surface area contributed by atoms with Gasteiger partial charge in [0.1, 0.15) is 22.5 Å². The lowest BCUT2D eigenvalue weighted by Gasteiger charge is -1.89. The van der Waals surface area contributed by atoms with Crippen molar-refractivity contribution in [2.45, 2.75) is 0 Å². The molecule has 0 saturated carbocycles. The van der Waals surface area contributed by atoms with Crippen LogP contribution in [0.3, 0.4) is 0 Å². The highest BCUT2D eigenvalue weighted by atomic mass is 32.1. The quantitative estimate of drug-likeness (QED) is 0.767. The van der Waals surface area contributed by atoms with Crippen LogP contribution < -0.4 is 5.73 Å². The molecule has 2 heterocycles. The summed E-state index contributed by atoms with van der Waals surface area (Å²) in [5, 5.41) is 12.9. The van der Waals surface area contributed by atoms with Gasteiger partial charge < -0.3 is 5.73 Å². The van der Waals surface area contributed by atoms with E-state index in [0.717, 1.165) is 10.6 Å². The number of anilines is 1. The molecule has 2 aromatic rings. The molecule has 2 aromatic heterocycles. The first-order valence-electron chi connectivity index (χ1n) is 4.00. The minimum Gasteiger partial charge on any atom is -0.384 e. The van der Waals surface area contributed by atoms with Crippen LogP contribution in [0.1, 0.15) is 4.88 Å². The van der Waals surface area contributed by atoms with E-state index in [1.165, 1.54) is 11.3 Å². The summed E-state index contributed by atoms with van der Waals surface area (Å²) in [6, 6.07) is 7.55. The Morgan fingerprint density at radius 3 is 2.86 bits per heavy atom. The molecule has 0 aliphatic carbocycles. The molecular weight excluding hydrogens is 196 g/mol. The van der Waals surface area contributed by atoms with Gasteiger partial charge in [0.25, 0.3) is 0 Å². The van der Waals surface area contributed by atoms with E-state index < -0.39 is 0 Å². The number of rotatable bonds is 1. The molecule has 0 saturated heterocycles. The van der Waals surface area contributed by atoms with Crippen LogP contribution in [0.2, 0.25) is 0 Å². The zero-order valence-corrected chi connectivity index (χ0v) is 8.38. The smallest absolute Gasteiger partial charge is 0.121 e. The molecule has 2 rings (SSSR count). The Hall–Kier alpha value is -1.80. The molecule has 0 bridgehead atoms. The molecule has 0 aliphatic rings. The molecule has 0 fully saturated rings. The SMILES string of the molecule is Cn1nc(-c2ccc(C#N)s2)cc1N. The molecule has 70 valence electrons. The molecule has 0 amide bonds. The summed E-state index contributed by atoms with van der Waals surface area (Å²) in [5.74, 6) is 0.618. The third-order valence-corrected chi connectivity index (χ3v) is 2.90. The van der Waals surface area contributed by atoms with Gasteiger partial charge in [-0.15, -0.1) is 11.3 Å². The van der Waals surface area contributed by atoms with Crippen molar-refractivity contribution in [3.63, 3.8) is 0 Å². The van der Waals surface area contributed by atoms with Crippen molar-refractivity contribution in [3.05, 3.63) is 23.1 Å². The van der Waals surface area contributed by atoms with Crippen molar-refractivity contribution >= 4 is 17.2 Å². The van der Waals surface area contributed by atoms with Crippen molar-refractivity contribution in [1.82, 2.24) is 9.78 Å². The molecule has 0 aliphatic heterocycles. The molecular formula is C9H8N4S. The Balaban J connectivity index is 2.45. The Labute approximate surface area is 85.2 Å². The molecule has 0 atom stereocenters. The number of nitrogens with zero attached hydrogens (tertiary/aromatic N) is 3. The second-order valence-corrected chi connectivity index (χ2v) is 3.94. The highest BCUT2D eigenvalue weighted by Gasteiger charge is 2.07. The van der Waals surface area contributed by atoms with Crippen molar-refractivity contribution < 1.29 is 0 Å². The largest absolute Gasteiger partial charge is 0.384 e. The number of hydrogen-bond acceptors (Lipinski definition) is 4. The van der Waals surface area contributed by atoms with Crippen LogP contribution in [0.15, 0.2) is 18.2 Å². The standard InChI is InChI=1S/C9H8N4S/c1-13-9(11)4-7(12-13)8-3-2-6(5-10)14-8/h2-4H,11H2,1H3. The Morgan fingerprint density at radius 1 is 1.57 bits per heavy atom. The molecule has 2 N–H and O–H groups in total. The lowest BCUT2D eigenvalue weighted by Crippen LogP contribution is -1.96. The summed E-state index contributed by atoms with van der Waals surface area (Å²) in [6.45, 7) is 0. The van der Waals surface area contributed by atoms with E-state index in [2.05, 4.69) is 11.2 Å². The summed E-state index contributed by atoms with van der Waals surface area (Å²) < 4.78 is 1.61. The van der Waals surface area contributed by atoms with E-state index in [1.54, 1.807) is 23.9 Å². The lowest BCUT2D eigenvalue weighted by atomic mass is 10.3. The van der Waals surface area contributed by atoms with Gasteiger partial charge >= 0.3 is 0 Å². The van der Waals surface area contributed by atoms with E-state index in [4.69, 9.17) is 11.0 Å². The molecule has 14 heavy (non-hydrogen) atoms. The van der Waals surface area contributed by atoms with Gasteiger partial charge in [0.2, 0.25) is 0 Å². The van der Waals surface area contributed by atoms with Gasteiger partial charge in [-0.25, -0.2) is 0 Å². The molecule has 4 nitrogen and oxygen atoms in total. The third kappa shape index (κ3) is 1.36. The van der Waals surface area contributed by atoms with Crippen molar-refractivity contribution in [2.24, 2.45) is 7.05 Å². The molecule has 5 heteroatoms. The summed E-state index contributed by atoms with van der Waals surface area (Å²) in [4.78, 5) is 1.65. The number of hydrogen-bond donors (Lipinski definition) is 1. The lowest BCUT2D eigenvalue weighted by molar-refractivity contribution is 0.783. The average molecular weight is 204 g/mol. The number of aryl methyl sites for hydroxylation is 1. The third-order valence-electron chi connectivity index (χ3n) is 1.88. The van der Waals surface area contributed by atoms with Crippen molar-refractivity contribution in [3.8, 4) is 16.6 Å². The highest BCUT2D eigenvalue weighted by Crippen LogP contribution is 2.27. The molecule has 0 unspecified atom stereocenters. The monoisotopic (exact) mass is 204 g/mol. The topological polar surface area (TPSA) is 67.6 Å². The fraction of sp³-hybridized carbons (Fsp3) is 0.111. The predicted molar refractivity (Wildman–Crippen MR) is 55.6 cm³/mol. The van der Waals surface area contributed by atoms with Gasteiger partial charge in [-0.05, 0) is 12.1 Å². The number of aromatic nitrogens is 2. The predicted octanol–water partition coefficient (Wildman–Crippen LogP) is 1.60. The van der Waals surface area contributed by atoms with Gasteiger partial charge in [0.15, 0.2) is 0 Å². The Kier molecular flexibility index (Phi) is 1.98. The van der Waals surface area contributed by atoms with Gasteiger partial charge in [-0.1, -0.05) is 0 Å². The van der Waals surface area contributed by atoms with Crippen LogP contribution >= 0.6 is 11.3 Å². The zero-order valence-electron chi connectivity index (χ0n) is 7.56. The summed E-state index contributed by atoms with van der Waals surface area (Å²) in [7, 11) is 1.79. The van der Waals surface area contributed by atoms with Crippen LogP contribution in [-0.4, -0.2) is 9.78 Å². The first-order valence-corrected chi connectivity index (χ1v) is 4.82. The summed E-state index contributed by atoms with van der Waals surface area (Å²) in [6.07, 6.45) is 0. The van der Waals surface area contributed by atoms with E-state index in [0.29, 0.717) is 10.7 Å². The number of nitriles is 1. The van der Waals surface area contributed by atoms with Gasteiger partial charge in [-0.3, -0.25) is 4.68 Å². The number of thiophene rings is 1. The van der Waals surface area contributed by atoms with Gasteiger partial charge in [-0.2, -0.15) is 10.4 Å². The Bertz CT molecular complexity index is 484. The van der Waals surface area contributed by atoms with Crippen molar-refractivity contribution in [1.29, 1.82) is 5.26 Å². The van der Waals surface area contributed by atoms with Gasteiger partial charge in [0.05, 0.1) is 4.88 Å². The summed E-state index contributed by atoms with van der Waals surface area (Å²) in [5.41, 5.74) is 6.47. The summed E-state index contributed by atoms with van der Waals surface area (Å²) >= 11 is 1.42. The minimum absolute atomic E-state index is 0.618. The zero-order chi connectivity index (χ0) is 10.1. The van der Waals surface area contributed by atoms with Crippen LogP contribution in [0, 0.1) is 11.3 Å². The normalized spacial score (nSPS) is 10.0. The van der Waals surface area contributed by atoms with E-state index in [-0.39, 0.29) is 0 Å². The average Bonchev–Trinajstić information content (AvgIpc) is 2.74. The van der Waals surface area contributed by atoms with Crippen LogP contribution in [0.5, 0.6) is 0 Å². The van der Waals surface area contributed by atoms with E-state index in [9.17, 15) is 0 Å². The molecule has 0 aromatic carbocycles. The Morgan fingerprint density at radius 2 is 2.36 bits per heavy atom. The van der Waals surface area contributed by atoms with Crippen LogP contribution in [0.4, 0.5) is 5.82 Å². The van der Waals surface area contributed by atoms with E-state index in [1.807, 2.05) is 6.07 Å². The maximum absolute atomic E-state index is 8.67. The second-order valence-electron chi connectivity index (χ2n) is 2.85. The van der Waals surface area contributed by atoms with Crippen LogP contribution in [-0.2, 0) is 7.05 Å². The van der Waals surface area contributed by atoms with E-state index >= 15 is 0 Å². The number of nitrogen functional groups attached to an aromatic ring is 1. The molecule has 0 spiro atoms. The minimum atomic E-state index is 0.618. The highest BCUT2D eigenvalue weighted by molar-refractivity contribution is 7.15. The molecule has 0 radical (unpaired) electrons. The number of nitrogens with two attached hydrogens (primary N) is 1.